The smallest absolute Gasteiger partial charge is 0.356 e. The average molecular weight is 275 g/mol. The third-order valence-corrected chi connectivity index (χ3v) is 3.02. The summed E-state index contributed by atoms with van der Waals surface area (Å²) in [6, 6.07) is 4.44. The van der Waals surface area contributed by atoms with E-state index in [0.717, 1.165) is 0 Å². The number of benzene rings is 1. The largest absolute Gasteiger partial charge is 0.480 e. The van der Waals surface area contributed by atoms with Crippen LogP contribution >= 0.6 is 7.60 Å². The minimum absolute atomic E-state index is 0.0971. The first kappa shape index (κ1) is 16.5. The maximum absolute atomic E-state index is 10.9. The Hall–Kier alpha value is -1.53. The molecule has 0 aromatic heterocycles. The van der Waals surface area contributed by atoms with Gasteiger partial charge in [-0.05, 0) is 24.1 Å². The van der Waals surface area contributed by atoms with Crippen molar-refractivity contribution >= 4 is 25.7 Å². The minimum atomic E-state index is -4.24. The van der Waals surface area contributed by atoms with Gasteiger partial charge in [0.1, 0.15) is 12.8 Å². The van der Waals surface area contributed by atoms with E-state index >= 15 is 0 Å². The second-order valence-electron chi connectivity index (χ2n) is 3.36. The molecule has 0 aliphatic heterocycles. The molecule has 0 aliphatic rings. The number of carboxylic acid groups (broad SMARTS) is 1. The molecule has 1 atom stereocenters. The van der Waals surface area contributed by atoms with Gasteiger partial charge in [0.15, 0.2) is 0 Å². The van der Waals surface area contributed by atoms with E-state index < -0.39 is 19.6 Å². The van der Waals surface area contributed by atoms with Crippen molar-refractivity contribution in [1.29, 1.82) is 0 Å². The summed E-state index contributed by atoms with van der Waals surface area (Å²) >= 11 is 0. The topological polar surface area (TPSA) is 138 Å². The van der Waals surface area contributed by atoms with Gasteiger partial charge >= 0.3 is 13.6 Å². The van der Waals surface area contributed by atoms with Crippen molar-refractivity contribution in [1.82, 2.24) is 0 Å². The Bertz CT molecular complexity index is 440. The lowest BCUT2D eigenvalue weighted by atomic mass is 10.1. The van der Waals surface area contributed by atoms with Crippen molar-refractivity contribution in [3.63, 3.8) is 0 Å². The number of rotatable bonds is 4. The number of carbonyl (C=O) groups is 2. The van der Waals surface area contributed by atoms with Crippen molar-refractivity contribution < 1.29 is 29.0 Å². The van der Waals surface area contributed by atoms with Crippen molar-refractivity contribution in [3.8, 4) is 0 Å². The highest BCUT2D eigenvalue weighted by atomic mass is 31.2. The van der Waals surface area contributed by atoms with Gasteiger partial charge in [-0.3, -0.25) is 9.36 Å². The monoisotopic (exact) mass is 275 g/mol. The molecule has 0 amide bonds. The van der Waals surface area contributed by atoms with Gasteiger partial charge in [-0.25, -0.2) is 0 Å². The summed E-state index contributed by atoms with van der Waals surface area (Å²) in [6.07, 6.45) is 0.122. The Morgan fingerprint density at radius 3 is 2.06 bits per heavy atom. The van der Waals surface area contributed by atoms with Crippen LogP contribution in [0.3, 0.4) is 0 Å². The van der Waals surface area contributed by atoms with Crippen LogP contribution in [0.5, 0.6) is 0 Å². The Morgan fingerprint density at radius 1 is 1.28 bits per heavy atom. The van der Waals surface area contributed by atoms with E-state index in [2.05, 4.69) is 0 Å². The van der Waals surface area contributed by atoms with E-state index in [1.165, 1.54) is 24.3 Å². The minimum Gasteiger partial charge on any atom is -0.480 e. The van der Waals surface area contributed by atoms with Gasteiger partial charge in [-0.15, -0.1) is 0 Å². The zero-order chi connectivity index (χ0) is 14.3. The fourth-order valence-electron chi connectivity index (χ4n) is 1.17. The number of carbonyl (C=O) groups excluding carboxylic acids is 1. The maximum atomic E-state index is 10.9. The predicted octanol–water partition coefficient (Wildman–Crippen LogP) is -0.741. The van der Waals surface area contributed by atoms with Crippen LogP contribution in [0.4, 0.5) is 0 Å². The van der Waals surface area contributed by atoms with Crippen LogP contribution in [-0.4, -0.2) is 33.7 Å². The van der Waals surface area contributed by atoms with Gasteiger partial charge in [0, 0.05) is 0 Å². The molecule has 0 heterocycles. The summed E-state index contributed by atoms with van der Waals surface area (Å²) in [4.78, 5) is 36.2. The molecule has 0 bridgehead atoms. The highest BCUT2D eigenvalue weighted by molar-refractivity contribution is 7.60. The van der Waals surface area contributed by atoms with Crippen LogP contribution in [-0.2, 0) is 20.6 Å². The van der Waals surface area contributed by atoms with Gasteiger partial charge in [0.2, 0.25) is 0 Å². The molecule has 1 rings (SSSR count). The van der Waals surface area contributed by atoms with E-state index in [4.69, 9.17) is 25.4 Å². The fraction of sp³-hybridized carbons (Fsp3) is 0.200. The van der Waals surface area contributed by atoms with Gasteiger partial charge in [-0.2, -0.15) is 0 Å². The molecule has 7 nitrogen and oxygen atoms in total. The van der Waals surface area contributed by atoms with E-state index in [-0.39, 0.29) is 11.7 Å². The molecule has 18 heavy (non-hydrogen) atoms. The molecule has 8 heteroatoms. The summed E-state index contributed by atoms with van der Waals surface area (Å²) < 4.78 is 10.9. The summed E-state index contributed by atoms with van der Waals surface area (Å²) in [5.74, 6) is -1.11. The molecule has 0 fully saturated rings. The average Bonchev–Trinajstić information content (AvgIpc) is 2.31. The van der Waals surface area contributed by atoms with E-state index in [0.29, 0.717) is 5.56 Å². The van der Waals surface area contributed by atoms with Crippen LogP contribution in [0.1, 0.15) is 5.56 Å². The summed E-state index contributed by atoms with van der Waals surface area (Å²) in [5, 5.41) is 8.48. The Labute approximate surface area is 103 Å². The maximum Gasteiger partial charge on any atom is 0.356 e. The molecule has 0 spiro atoms. The predicted molar refractivity (Wildman–Crippen MR) is 64.6 cm³/mol. The molecule has 1 aromatic rings. The van der Waals surface area contributed by atoms with Crippen molar-refractivity contribution in [2.24, 2.45) is 5.73 Å². The molecule has 0 saturated carbocycles. The highest BCUT2D eigenvalue weighted by Crippen LogP contribution is 2.32. The van der Waals surface area contributed by atoms with Gasteiger partial charge in [0.25, 0.3) is 0 Å². The highest BCUT2D eigenvalue weighted by Gasteiger charge is 2.17. The van der Waals surface area contributed by atoms with Crippen LogP contribution in [0.15, 0.2) is 24.3 Å². The normalized spacial score (nSPS) is 12.2. The molecule has 100 valence electrons. The summed E-state index contributed by atoms with van der Waals surface area (Å²) in [5.41, 5.74) is 5.94. The number of carboxylic acids is 1. The standard InChI is InChI=1S/C9H12NO5P.CH2O/c10-8(9(11)12)5-6-1-3-7(4-2-6)16(13,14)15;1-2/h1-4,8H,5,10H2,(H,11,12)(H2,13,14,15);1H2/t8-;/m0./s1. The van der Waals surface area contributed by atoms with Crippen molar-refractivity contribution in [2.75, 3.05) is 0 Å². The molecule has 5 N–H and O–H groups in total. The van der Waals surface area contributed by atoms with Gasteiger partial charge < -0.3 is 25.4 Å². The number of nitrogens with two attached hydrogens (primary N) is 1. The first-order valence-corrected chi connectivity index (χ1v) is 6.34. The SMILES string of the molecule is C=O.N[C@@H](Cc1ccc(P(=O)(O)O)cc1)C(=O)O. The van der Waals surface area contributed by atoms with E-state index in [1.54, 1.807) is 0 Å². The van der Waals surface area contributed by atoms with Crippen molar-refractivity contribution in [3.05, 3.63) is 29.8 Å². The summed E-state index contributed by atoms with van der Waals surface area (Å²) in [7, 11) is -4.24. The molecule has 0 radical (unpaired) electrons. The Morgan fingerprint density at radius 2 is 1.72 bits per heavy atom. The first-order valence-electron chi connectivity index (χ1n) is 4.73. The Balaban J connectivity index is 0.00000137. The van der Waals surface area contributed by atoms with Gasteiger partial charge in [-0.1, -0.05) is 12.1 Å². The van der Waals surface area contributed by atoms with Crippen LogP contribution in [0, 0.1) is 0 Å². The zero-order valence-electron chi connectivity index (χ0n) is 9.39. The van der Waals surface area contributed by atoms with Crippen molar-refractivity contribution in [2.45, 2.75) is 12.5 Å². The molecular weight excluding hydrogens is 261 g/mol. The van der Waals surface area contributed by atoms with E-state index in [1.807, 2.05) is 6.79 Å². The van der Waals surface area contributed by atoms with Crippen LogP contribution < -0.4 is 11.0 Å². The molecule has 1 aromatic carbocycles. The molecular formula is C10H14NO6P. The lowest BCUT2D eigenvalue weighted by Gasteiger charge is -2.08. The number of hydrogen-bond acceptors (Lipinski definition) is 4. The fourth-order valence-corrected chi connectivity index (χ4v) is 1.70. The first-order chi connectivity index (χ1) is 8.30. The van der Waals surface area contributed by atoms with E-state index in [9.17, 15) is 9.36 Å². The Kier molecular flexibility index (Phi) is 6.43. The lowest BCUT2D eigenvalue weighted by Crippen LogP contribution is -2.32. The molecule has 0 aliphatic carbocycles. The second kappa shape index (κ2) is 7.03. The lowest BCUT2D eigenvalue weighted by molar-refractivity contribution is -0.138. The third kappa shape index (κ3) is 5.20. The summed E-state index contributed by atoms with van der Waals surface area (Å²) in [6.45, 7) is 2.00. The quantitative estimate of drug-likeness (QED) is 0.531. The number of aliphatic carboxylic acids is 1. The molecule has 0 unspecified atom stereocenters. The molecule has 0 saturated heterocycles. The third-order valence-electron chi connectivity index (χ3n) is 2.05. The van der Waals surface area contributed by atoms with Gasteiger partial charge in [0.05, 0.1) is 5.30 Å². The zero-order valence-corrected chi connectivity index (χ0v) is 10.3. The van der Waals surface area contributed by atoms with Crippen LogP contribution in [0.2, 0.25) is 0 Å². The second-order valence-corrected chi connectivity index (χ2v) is 4.96. The number of hydrogen-bond donors (Lipinski definition) is 4. The van der Waals surface area contributed by atoms with Crippen LogP contribution in [0.25, 0.3) is 0 Å².